The molecule has 0 unspecified atom stereocenters. The van der Waals surface area contributed by atoms with Crippen LogP contribution < -0.4 is 0 Å². The smallest absolute Gasteiger partial charge is 0.0272 e. The van der Waals surface area contributed by atoms with Crippen molar-refractivity contribution < 1.29 is 0 Å². The molecule has 0 heteroatoms. The fraction of sp³-hybridized carbons (Fsp3) is 0.185. The van der Waals surface area contributed by atoms with Gasteiger partial charge in [-0.25, -0.2) is 0 Å². The minimum Gasteiger partial charge on any atom is -0.0622 e. The molecule has 4 bridgehead atoms. The summed E-state index contributed by atoms with van der Waals surface area (Å²) in [4.78, 5) is 0. The molecule has 8 aromatic rings. The minimum absolute atomic E-state index is 0.145. The van der Waals surface area contributed by atoms with Gasteiger partial charge in [0.25, 0.3) is 0 Å². The van der Waals surface area contributed by atoms with Crippen molar-refractivity contribution >= 4 is 21.5 Å². The molecule has 258 valence electrons. The Labute approximate surface area is 318 Å². The third kappa shape index (κ3) is 4.26. The summed E-state index contributed by atoms with van der Waals surface area (Å²) in [7, 11) is 0. The van der Waals surface area contributed by atoms with E-state index in [9.17, 15) is 0 Å². The summed E-state index contributed by atoms with van der Waals surface area (Å²) in [5.41, 5.74) is 16.7. The molecule has 54 heavy (non-hydrogen) atoms. The molecule has 13 rings (SSSR count). The molecule has 8 aromatic carbocycles. The van der Waals surface area contributed by atoms with Crippen LogP contribution in [0.15, 0.2) is 170 Å². The molecule has 5 aliphatic rings. The maximum atomic E-state index is 2.68. The van der Waals surface area contributed by atoms with Gasteiger partial charge in [-0.15, -0.1) is 0 Å². The number of benzene rings is 8. The maximum absolute atomic E-state index is 2.68. The highest BCUT2D eigenvalue weighted by Crippen LogP contribution is 2.69. The van der Waals surface area contributed by atoms with E-state index in [0.29, 0.717) is 0 Å². The van der Waals surface area contributed by atoms with Gasteiger partial charge in [0.2, 0.25) is 0 Å². The zero-order valence-corrected chi connectivity index (χ0v) is 30.5. The number of rotatable bonds is 4. The lowest BCUT2D eigenvalue weighted by molar-refractivity contribution is -0.0399. The van der Waals surface area contributed by atoms with Crippen LogP contribution in [-0.4, -0.2) is 0 Å². The second-order valence-corrected chi connectivity index (χ2v) is 16.8. The highest BCUT2D eigenvalue weighted by atomic mass is 14.6. The van der Waals surface area contributed by atoms with Gasteiger partial charge in [0, 0.05) is 5.41 Å². The molecular weight excluding hydrogens is 649 g/mol. The van der Waals surface area contributed by atoms with E-state index in [2.05, 4.69) is 170 Å². The molecule has 0 radical (unpaired) electrons. The van der Waals surface area contributed by atoms with Crippen LogP contribution in [0.2, 0.25) is 0 Å². The molecule has 0 amide bonds. The second-order valence-electron chi connectivity index (χ2n) is 16.8. The third-order valence-electron chi connectivity index (χ3n) is 14.3. The molecule has 0 nitrogen and oxygen atoms in total. The van der Waals surface area contributed by atoms with Crippen LogP contribution in [0, 0.1) is 23.7 Å². The first-order valence-corrected chi connectivity index (χ1v) is 20.2. The Hall–Kier alpha value is -5.72. The first-order chi connectivity index (χ1) is 26.8. The molecule has 0 saturated heterocycles. The van der Waals surface area contributed by atoms with Gasteiger partial charge in [0.05, 0.1) is 0 Å². The number of hydrogen-bond acceptors (Lipinski definition) is 0. The van der Waals surface area contributed by atoms with Crippen LogP contribution in [-0.2, 0) is 5.41 Å². The van der Waals surface area contributed by atoms with E-state index < -0.39 is 0 Å². The van der Waals surface area contributed by atoms with Crippen molar-refractivity contribution in [2.24, 2.45) is 23.7 Å². The summed E-state index contributed by atoms with van der Waals surface area (Å²) >= 11 is 0. The standard InChI is InChI=1S/C54H42/c1-3-13-36(14-4-1)38-23-26-48(49(32-38)37-15-5-2-6-16-37)53-46-20-9-7-18-44(46)52(45-19-8-10-21-47(45)53)39-24-25-43-42-17-11-12-22-50(42)54(51(43)33-39)40-28-34-27-35(30-40)31-41(54)29-34/h1-26,32-35,40-41H,27-31H2. The quantitative estimate of drug-likeness (QED) is 0.161. The van der Waals surface area contributed by atoms with E-state index in [1.807, 2.05) is 0 Å². The maximum Gasteiger partial charge on any atom is 0.0272 e. The zero-order chi connectivity index (χ0) is 35.4. The fourth-order valence-corrected chi connectivity index (χ4v) is 12.5. The van der Waals surface area contributed by atoms with E-state index >= 15 is 0 Å². The molecule has 0 N–H and O–H groups in total. The predicted molar refractivity (Wildman–Crippen MR) is 226 cm³/mol. The van der Waals surface area contributed by atoms with Crippen LogP contribution in [0.25, 0.3) is 77.2 Å². The van der Waals surface area contributed by atoms with Gasteiger partial charge >= 0.3 is 0 Å². The van der Waals surface area contributed by atoms with E-state index in [-0.39, 0.29) is 5.41 Å². The van der Waals surface area contributed by atoms with Gasteiger partial charge in [-0.1, -0.05) is 158 Å². The van der Waals surface area contributed by atoms with Crippen molar-refractivity contribution in [2.75, 3.05) is 0 Å². The first-order valence-electron chi connectivity index (χ1n) is 20.2. The third-order valence-corrected chi connectivity index (χ3v) is 14.3. The Morgan fingerprint density at radius 2 is 0.815 bits per heavy atom. The average molecular weight is 691 g/mol. The molecule has 0 aliphatic heterocycles. The molecule has 0 heterocycles. The van der Waals surface area contributed by atoms with Crippen molar-refractivity contribution in [3.63, 3.8) is 0 Å². The lowest BCUT2D eigenvalue weighted by atomic mass is 9.43. The Morgan fingerprint density at radius 1 is 0.315 bits per heavy atom. The largest absolute Gasteiger partial charge is 0.0622 e. The SMILES string of the molecule is c1ccc(-c2ccc(-c3c4ccccc4c(-c4ccc5c(c4)C4(c6ccccc6-5)C5CC6CC(C5)CC4C6)c4ccccc34)c(-c3ccccc3)c2)cc1. The minimum atomic E-state index is 0.145. The first kappa shape index (κ1) is 30.7. The van der Waals surface area contributed by atoms with Crippen molar-refractivity contribution in [1.29, 1.82) is 0 Å². The summed E-state index contributed by atoms with van der Waals surface area (Å²) in [6.07, 6.45) is 7.08. The fourth-order valence-electron chi connectivity index (χ4n) is 12.5. The van der Waals surface area contributed by atoms with Gasteiger partial charge in [-0.05, 0) is 156 Å². The van der Waals surface area contributed by atoms with Crippen LogP contribution >= 0.6 is 0 Å². The molecule has 4 saturated carbocycles. The molecule has 1 spiro atoms. The number of fused-ring (bicyclic) bond motifs is 5. The van der Waals surface area contributed by atoms with Gasteiger partial charge in [-0.3, -0.25) is 0 Å². The molecule has 5 aliphatic carbocycles. The Bertz CT molecular complexity index is 2680. The lowest BCUT2D eigenvalue weighted by Gasteiger charge is -2.61. The van der Waals surface area contributed by atoms with Crippen molar-refractivity contribution in [3.8, 4) is 55.6 Å². The summed E-state index contributed by atoms with van der Waals surface area (Å²) in [6.45, 7) is 0. The van der Waals surface area contributed by atoms with Gasteiger partial charge in [-0.2, -0.15) is 0 Å². The normalized spacial score (nSPS) is 23.3. The van der Waals surface area contributed by atoms with E-state index in [4.69, 9.17) is 0 Å². The summed E-state index contributed by atoms with van der Waals surface area (Å²) in [6, 6.07) is 64.4. The zero-order valence-electron chi connectivity index (χ0n) is 30.5. The van der Waals surface area contributed by atoms with Gasteiger partial charge in [0.1, 0.15) is 0 Å². The van der Waals surface area contributed by atoms with Gasteiger partial charge in [0.15, 0.2) is 0 Å². The summed E-state index contributed by atoms with van der Waals surface area (Å²) < 4.78 is 0. The highest BCUT2D eigenvalue weighted by molar-refractivity contribution is 6.22. The second kappa shape index (κ2) is 11.6. The lowest BCUT2D eigenvalue weighted by Crippen LogP contribution is -2.55. The van der Waals surface area contributed by atoms with Crippen molar-refractivity contribution in [1.82, 2.24) is 0 Å². The van der Waals surface area contributed by atoms with E-state index in [1.54, 1.807) is 11.1 Å². The Morgan fingerprint density at radius 3 is 1.46 bits per heavy atom. The van der Waals surface area contributed by atoms with Crippen molar-refractivity contribution in [3.05, 3.63) is 181 Å². The average Bonchev–Trinajstić information content (AvgIpc) is 3.52. The predicted octanol–water partition coefficient (Wildman–Crippen LogP) is 14.4. The summed E-state index contributed by atoms with van der Waals surface area (Å²) in [5.74, 6) is 3.36. The highest BCUT2D eigenvalue weighted by Gasteiger charge is 2.61. The van der Waals surface area contributed by atoms with Crippen LogP contribution in [0.3, 0.4) is 0 Å². The van der Waals surface area contributed by atoms with Crippen LogP contribution in [0.4, 0.5) is 0 Å². The molecular formula is C54H42. The molecule has 0 atom stereocenters. The molecule has 0 aromatic heterocycles. The van der Waals surface area contributed by atoms with Crippen LogP contribution in [0.1, 0.15) is 43.2 Å². The topological polar surface area (TPSA) is 0 Å². The van der Waals surface area contributed by atoms with Crippen molar-refractivity contribution in [2.45, 2.75) is 37.5 Å². The Balaban J connectivity index is 1.11. The monoisotopic (exact) mass is 690 g/mol. The van der Waals surface area contributed by atoms with Gasteiger partial charge < -0.3 is 0 Å². The number of hydrogen-bond donors (Lipinski definition) is 0. The molecule has 4 fully saturated rings. The van der Waals surface area contributed by atoms with E-state index in [1.165, 1.54) is 109 Å². The van der Waals surface area contributed by atoms with Crippen LogP contribution in [0.5, 0.6) is 0 Å². The summed E-state index contributed by atoms with van der Waals surface area (Å²) in [5, 5.41) is 5.27. The Kier molecular flexibility index (Phi) is 6.62. The van der Waals surface area contributed by atoms with E-state index in [0.717, 1.165) is 23.7 Å².